The summed E-state index contributed by atoms with van der Waals surface area (Å²) < 4.78 is 76.9. The van der Waals surface area contributed by atoms with E-state index in [1.54, 1.807) is 81.1 Å². The zero-order chi connectivity index (χ0) is 64.2. The van der Waals surface area contributed by atoms with Gasteiger partial charge in [0.2, 0.25) is 0 Å². The highest BCUT2D eigenvalue weighted by molar-refractivity contribution is 5.85. The second-order valence-corrected chi connectivity index (χ2v) is 21.0. The number of hydrogen-bond acceptors (Lipinski definition) is 24. The normalized spacial score (nSPS) is 11.0. The van der Waals surface area contributed by atoms with Crippen LogP contribution < -0.4 is 56.8 Å². The third kappa shape index (κ3) is 13.6. The van der Waals surface area contributed by atoms with Crippen molar-refractivity contribution in [3.05, 3.63) is 141 Å². The molecule has 0 saturated carbocycles. The smallest absolute Gasteiger partial charge is 0.331 e. The number of methoxy groups -OCH3 is 6. The van der Waals surface area contributed by atoms with Crippen molar-refractivity contribution in [1.29, 1.82) is 0 Å². The van der Waals surface area contributed by atoms with Gasteiger partial charge in [-0.05, 0) is 189 Å². The lowest BCUT2D eigenvalue weighted by Gasteiger charge is -2.21. The molecule has 0 saturated heterocycles. The van der Waals surface area contributed by atoms with Crippen molar-refractivity contribution in [2.24, 2.45) is 0 Å². The van der Waals surface area contributed by atoms with Gasteiger partial charge in [-0.15, -0.1) is 15.0 Å². The molecule has 4 heterocycles. The second-order valence-electron chi connectivity index (χ2n) is 21.0. The summed E-state index contributed by atoms with van der Waals surface area (Å²) in [5, 5.41) is 0. The third-order valence-electron chi connectivity index (χ3n) is 13.6. The molecule has 0 aliphatic rings. The lowest BCUT2D eigenvalue weighted by molar-refractivity contribution is 0.328. The van der Waals surface area contributed by atoms with Crippen LogP contribution in [0.25, 0.3) is 33.4 Å². The minimum absolute atomic E-state index is 0.0423. The monoisotopic (exact) mass is 1220 g/mol. The highest BCUT2D eigenvalue weighted by atomic mass is 16.6. The van der Waals surface area contributed by atoms with Crippen LogP contribution in [0.3, 0.4) is 0 Å². The number of benzene rings is 6. The molecule has 4 aromatic heterocycles. The standard InChI is InChI=1S/C66H66N12O12/c1-31-19-43(55(49(25-31)79-13)85-61-70-37(7)67-38(8)71-61)46-22-34(4)28-52(82-16)58(46)88-64-76-65(89-59-47(23-35(5)29-53(59)83-17)44-20-32(2)26-50(80-14)56(44)86-62-72-39(9)68-40(10)73-62)78-66(77-64)90-60-48(24-36(6)30-54(60)84-18)45-21-33(3)27-51(81-15)57(45)87-63-74-41(11)69-42(12)75-63/h19-30H,1-18H3. The first kappa shape index (κ1) is 62.0. The number of rotatable bonds is 21. The van der Waals surface area contributed by atoms with Crippen LogP contribution in [-0.2, 0) is 0 Å². The van der Waals surface area contributed by atoms with Crippen molar-refractivity contribution in [1.82, 2.24) is 59.8 Å². The minimum atomic E-state index is -0.326. The van der Waals surface area contributed by atoms with Gasteiger partial charge in [0.05, 0.1) is 42.7 Å². The maximum atomic E-state index is 6.98. The second kappa shape index (κ2) is 26.1. The average Bonchev–Trinajstić information content (AvgIpc) is 0.929. The molecule has 0 atom stereocenters. The van der Waals surface area contributed by atoms with Crippen LogP contribution in [0.5, 0.6) is 105 Å². The summed E-state index contributed by atoms with van der Waals surface area (Å²) in [6.07, 6.45) is 0. The van der Waals surface area contributed by atoms with E-state index in [2.05, 4.69) is 44.9 Å². The molecule has 0 radical (unpaired) electrons. The van der Waals surface area contributed by atoms with E-state index in [1.165, 1.54) is 21.3 Å². The maximum Gasteiger partial charge on any atom is 0.331 e. The minimum Gasteiger partial charge on any atom is -0.493 e. The molecule has 0 spiro atoms. The third-order valence-corrected chi connectivity index (χ3v) is 13.6. The lowest BCUT2D eigenvalue weighted by atomic mass is 9.98. The van der Waals surface area contributed by atoms with Crippen molar-refractivity contribution in [3.63, 3.8) is 0 Å². The Bertz CT molecular complexity index is 3900. The Kier molecular flexibility index (Phi) is 18.0. The largest absolute Gasteiger partial charge is 0.493 e. The Morgan fingerprint density at radius 1 is 0.189 bits per heavy atom. The van der Waals surface area contributed by atoms with Crippen LogP contribution in [0.15, 0.2) is 72.8 Å². The summed E-state index contributed by atoms with van der Waals surface area (Å²) in [6, 6.07) is 21.5. The zero-order valence-corrected chi connectivity index (χ0v) is 53.2. The van der Waals surface area contributed by atoms with E-state index in [9.17, 15) is 0 Å². The molecule has 0 bridgehead atoms. The van der Waals surface area contributed by atoms with Gasteiger partial charge in [-0.3, -0.25) is 0 Å². The van der Waals surface area contributed by atoms with Gasteiger partial charge in [-0.1, -0.05) is 0 Å². The van der Waals surface area contributed by atoms with Gasteiger partial charge in [0.15, 0.2) is 69.0 Å². The Morgan fingerprint density at radius 3 is 0.478 bits per heavy atom. The molecule has 90 heavy (non-hydrogen) atoms. The molecule has 0 N–H and O–H groups in total. The summed E-state index contributed by atoms with van der Waals surface area (Å²) in [5.74, 6) is 5.94. The highest BCUT2D eigenvalue weighted by Crippen LogP contribution is 2.53. The van der Waals surface area contributed by atoms with Crippen LogP contribution in [-0.4, -0.2) is 102 Å². The summed E-state index contributed by atoms with van der Waals surface area (Å²) in [4.78, 5) is 54.7. The fraction of sp³-hybridized carbons (Fsp3) is 0.273. The molecule has 0 amide bonds. The van der Waals surface area contributed by atoms with Gasteiger partial charge in [-0.2, -0.15) is 29.9 Å². The van der Waals surface area contributed by atoms with Crippen molar-refractivity contribution in [2.75, 3.05) is 42.7 Å². The van der Waals surface area contributed by atoms with Crippen LogP contribution in [0.4, 0.5) is 0 Å². The van der Waals surface area contributed by atoms with Gasteiger partial charge in [0, 0.05) is 33.4 Å². The quantitative estimate of drug-likeness (QED) is 0.0647. The first-order chi connectivity index (χ1) is 43.1. The molecule has 0 unspecified atom stereocenters. The van der Waals surface area contributed by atoms with E-state index in [-0.39, 0.29) is 87.8 Å². The molecular weight excluding hydrogens is 1150 g/mol. The summed E-state index contributed by atoms with van der Waals surface area (Å²) >= 11 is 0. The first-order valence-corrected chi connectivity index (χ1v) is 28.2. The molecule has 0 fully saturated rings. The number of hydrogen-bond donors (Lipinski definition) is 0. The van der Waals surface area contributed by atoms with Gasteiger partial charge < -0.3 is 56.8 Å². The molecule has 0 aliphatic heterocycles. The van der Waals surface area contributed by atoms with Gasteiger partial charge in [-0.25, -0.2) is 15.0 Å². The summed E-state index contributed by atoms with van der Waals surface area (Å²) in [7, 11) is 9.19. The van der Waals surface area contributed by atoms with E-state index in [0.29, 0.717) is 85.6 Å². The molecule has 0 aliphatic carbocycles. The number of nitrogens with zero attached hydrogens (tertiary/aromatic N) is 12. The van der Waals surface area contributed by atoms with Gasteiger partial charge >= 0.3 is 36.1 Å². The Hall–Kier alpha value is -11.0. The number of ether oxygens (including phenoxy) is 12. The SMILES string of the molecule is COc1cc(C)cc(-c2cc(C)cc(OC)c2Oc2nc(Oc3c(OC)cc(C)cc3-c3cc(C)cc(OC)c3Oc3nc(C)nc(C)n3)nc(Oc3c(OC)cc(C)cc3-c3cc(C)cc(OC)c3Oc3nc(C)nc(C)n3)n2)c1Oc1nc(C)nc(C)n1. The zero-order valence-electron chi connectivity index (χ0n) is 53.2. The Labute approximate surface area is 520 Å². The predicted molar refractivity (Wildman–Crippen MR) is 332 cm³/mol. The van der Waals surface area contributed by atoms with Crippen LogP contribution in [0.1, 0.15) is 68.3 Å². The van der Waals surface area contributed by atoms with Gasteiger partial charge in [0.1, 0.15) is 34.9 Å². The Balaban J connectivity index is 1.21. The van der Waals surface area contributed by atoms with E-state index < -0.39 is 0 Å². The van der Waals surface area contributed by atoms with E-state index in [1.807, 2.05) is 96.1 Å². The van der Waals surface area contributed by atoms with Gasteiger partial charge in [0.25, 0.3) is 0 Å². The fourth-order valence-electron chi connectivity index (χ4n) is 10.1. The molecule has 462 valence electrons. The molecule has 10 aromatic rings. The molecular formula is C66H66N12O12. The number of aryl methyl sites for hydroxylation is 12. The topological polar surface area (TPSA) is 265 Å². The average molecular weight is 1220 g/mol. The Morgan fingerprint density at radius 2 is 0.333 bits per heavy atom. The fourth-order valence-corrected chi connectivity index (χ4v) is 10.1. The first-order valence-electron chi connectivity index (χ1n) is 28.2. The van der Waals surface area contributed by atoms with E-state index in [4.69, 9.17) is 71.8 Å². The van der Waals surface area contributed by atoms with Crippen LogP contribution >= 0.6 is 0 Å². The molecule has 24 nitrogen and oxygen atoms in total. The molecule has 24 heteroatoms. The molecule has 10 rings (SSSR count). The summed E-state index contributed by atoms with van der Waals surface area (Å²) in [5.41, 5.74) is 7.76. The predicted octanol–water partition coefficient (Wildman–Crippen LogP) is 13.9. The van der Waals surface area contributed by atoms with Crippen molar-refractivity contribution < 1.29 is 56.8 Å². The van der Waals surface area contributed by atoms with E-state index >= 15 is 0 Å². The van der Waals surface area contributed by atoms with Crippen molar-refractivity contribution >= 4 is 0 Å². The van der Waals surface area contributed by atoms with Crippen molar-refractivity contribution in [2.45, 2.75) is 83.1 Å². The molecule has 6 aromatic carbocycles. The number of aromatic nitrogens is 12. The maximum absolute atomic E-state index is 6.98. The summed E-state index contributed by atoms with van der Waals surface area (Å²) in [6.45, 7) is 22.0. The van der Waals surface area contributed by atoms with Crippen LogP contribution in [0.2, 0.25) is 0 Å². The van der Waals surface area contributed by atoms with Crippen LogP contribution in [0, 0.1) is 83.1 Å². The highest BCUT2D eigenvalue weighted by Gasteiger charge is 2.30. The van der Waals surface area contributed by atoms with E-state index in [0.717, 1.165) is 33.4 Å². The van der Waals surface area contributed by atoms with Crippen molar-refractivity contribution in [3.8, 4) is 138 Å². The lowest BCUT2D eigenvalue weighted by Crippen LogP contribution is -2.06.